The Bertz CT molecular complexity index is 308. The maximum atomic E-state index is 12.2. The topological polar surface area (TPSA) is 17.1 Å². The van der Waals surface area contributed by atoms with Gasteiger partial charge in [0.1, 0.15) is 5.78 Å². The first-order valence-corrected chi connectivity index (χ1v) is 10.8. The summed E-state index contributed by atoms with van der Waals surface area (Å²) in [7, 11) is 0. The minimum absolute atomic E-state index is 0.433. The molecule has 1 heteroatoms. The summed E-state index contributed by atoms with van der Waals surface area (Å²) in [6.45, 7) is 2.30. The third-order valence-electron chi connectivity index (χ3n) is 6.53. The van der Waals surface area contributed by atoms with E-state index in [1.807, 2.05) is 0 Å². The van der Waals surface area contributed by atoms with Gasteiger partial charge in [-0.05, 0) is 31.1 Å². The maximum absolute atomic E-state index is 12.2. The Hall–Kier alpha value is -0.330. The number of carbonyl (C=O) groups excluding carboxylic acids is 1. The average molecular weight is 321 g/mol. The lowest BCUT2D eigenvalue weighted by atomic mass is 9.77. The summed E-state index contributed by atoms with van der Waals surface area (Å²) in [4.78, 5) is 12.2. The van der Waals surface area contributed by atoms with E-state index in [1.54, 1.807) is 0 Å². The third kappa shape index (κ3) is 7.40. The Morgan fingerprint density at radius 1 is 0.739 bits per heavy atom. The molecule has 0 heterocycles. The van der Waals surface area contributed by atoms with Crippen LogP contribution >= 0.6 is 0 Å². The molecule has 2 aliphatic rings. The summed E-state index contributed by atoms with van der Waals surface area (Å²) in [5, 5.41) is 0. The van der Waals surface area contributed by atoms with Crippen molar-refractivity contribution in [3.8, 4) is 0 Å². The Morgan fingerprint density at radius 2 is 1.30 bits per heavy atom. The van der Waals surface area contributed by atoms with E-state index in [2.05, 4.69) is 6.92 Å². The van der Waals surface area contributed by atoms with Crippen molar-refractivity contribution in [2.45, 2.75) is 116 Å². The molecule has 134 valence electrons. The smallest absolute Gasteiger partial charge is 0.135 e. The van der Waals surface area contributed by atoms with E-state index in [4.69, 9.17) is 0 Å². The predicted molar refractivity (Wildman–Crippen MR) is 99.6 cm³/mol. The second-order valence-corrected chi connectivity index (χ2v) is 8.43. The molecule has 0 N–H and O–H groups in total. The highest BCUT2D eigenvalue weighted by atomic mass is 16.1. The van der Waals surface area contributed by atoms with Crippen molar-refractivity contribution >= 4 is 5.78 Å². The molecule has 0 aromatic rings. The van der Waals surface area contributed by atoms with Crippen LogP contribution in [0.25, 0.3) is 0 Å². The average Bonchev–Trinajstić information content (AvgIpc) is 2.61. The van der Waals surface area contributed by atoms with Gasteiger partial charge in [-0.1, -0.05) is 90.4 Å². The minimum atomic E-state index is 0.433. The van der Waals surface area contributed by atoms with Gasteiger partial charge in [0.05, 0.1) is 0 Å². The van der Waals surface area contributed by atoms with E-state index >= 15 is 0 Å². The SMILES string of the molecule is CCCCC[C@H]1CC[C@H](CCCCC(=O)C2CCCCC2)CC1. The van der Waals surface area contributed by atoms with Crippen molar-refractivity contribution in [1.82, 2.24) is 0 Å². The monoisotopic (exact) mass is 320 g/mol. The molecular weight excluding hydrogens is 280 g/mol. The predicted octanol–water partition coefficient (Wildman–Crippen LogP) is 7.08. The number of Topliss-reactive ketones (excluding diaryl/α,β-unsaturated/α-hetero) is 1. The second kappa shape index (κ2) is 11.3. The molecule has 0 radical (unpaired) electrons. The Labute approximate surface area is 145 Å². The van der Waals surface area contributed by atoms with Gasteiger partial charge < -0.3 is 0 Å². The molecule has 0 bridgehead atoms. The highest BCUT2D eigenvalue weighted by molar-refractivity contribution is 5.80. The van der Waals surface area contributed by atoms with E-state index in [0.29, 0.717) is 11.7 Å². The molecule has 0 aromatic heterocycles. The quantitative estimate of drug-likeness (QED) is 0.393. The summed E-state index contributed by atoms with van der Waals surface area (Å²) in [5.74, 6) is 3.03. The molecule has 0 saturated heterocycles. The van der Waals surface area contributed by atoms with Crippen molar-refractivity contribution in [1.29, 1.82) is 0 Å². The summed E-state index contributed by atoms with van der Waals surface area (Å²) in [6.07, 6.45) is 22.6. The van der Waals surface area contributed by atoms with E-state index < -0.39 is 0 Å². The summed E-state index contributed by atoms with van der Waals surface area (Å²) in [6, 6.07) is 0. The van der Waals surface area contributed by atoms with Gasteiger partial charge in [0.15, 0.2) is 0 Å². The molecule has 0 unspecified atom stereocenters. The zero-order chi connectivity index (χ0) is 16.3. The van der Waals surface area contributed by atoms with Crippen LogP contribution in [-0.4, -0.2) is 5.78 Å². The zero-order valence-electron chi connectivity index (χ0n) is 15.7. The lowest BCUT2D eigenvalue weighted by Crippen LogP contribution is -2.17. The van der Waals surface area contributed by atoms with Gasteiger partial charge in [-0.25, -0.2) is 0 Å². The van der Waals surface area contributed by atoms with Crippen LogP contribution in [0.4, 0.5) is 0 Å². The summed E-state index contributed by atoms with van der Waals surface area (Å²) in [5.41, 5.74) is 0. The molecule has 2 saturated carbocycles. The highest BCUT2D eigenvalue weighted by Crippen LogP contribution is 2.34. The molecular formula is C22H40O. The molecule has 1 nitrogen and oxygen atoms in total. The molecule has 0 amide bonds. The lowest BCUT2D eigenvalue weighted by molar-refractivity contribution is -0.123. The fraction of sp³-hybridized carbons (Fsp3) is 0.955. The Kier molecular flexibility index (Phi) is 9.31. The van der Waals surface area contributed by atoms with Gasteiger partial charge in [-0.3, -0.25) is 4.79 Å². The van der Waals surface area contributed by atoms with Crippen molar-refractivity contribution in [3.05, 3.63) is 0 Å². The molecule has 0 atom stereocenters. The van der Waals surface area contributed by atoms with Crippen molar-refractivity contribution in [2.75, 3.05) is 0 Å². The van der Waals surface area contributed by atoms with Crippen LogP contribution in [0.3, 0.4) is 0 Å². The number of hydrogen-bond donors (Lipinski definition) is 0. The number of carbonyl (C=O) groups is 1. The fourth-order valence-electron chi connectivity index (χ4n) is 4.85. The van der Waals surface area contributed by atoms with Crippen LogP contribution in [0.1, 0.15) is 116 Å². The summed E-state index contributed by atoms with van der Waals surface area (Å²) < 4.78 is 0. The van der Waals surface area contributed by atoms with Gasteiger partial charge >= 0.3 is 0 Å². The van der Waals surface area contributed by atoms with E-state index in [9.17, 15) is 4.79 Å². The van der Waals surface area contributed by atoms with Crippen LogP contribution in [0.15, 0.2) is 0 Å². The molecule has 2 rings (SSSR count). The van der Waals surface area contributed by atoms with Crippen LogP contribution < -0.4 is 0 Å². The van der Waals surface area contributed by atoms with Gasteiger partial charge in [0.2, 0.25) is 0 Å². The first kappa shape index (κ1) is 19.0. The van der Waals surface area contributed by atoms with Crippen molar-refractivity contribution in [2.24, 2.45) is 17.8 Å². The number of unbranched alkanes of at least 4 members (excludes halogenated alkanes) is 3. The fourth-order valence-corrected chi connectivity index (χ4v) is 4.85. The second-order valence-electron chi connectivity index (χ2n) is 8.43. The van der Waals surface area contributed by atoms with Gasteiger partial charge in [0.25, 0.3) is 0 Å². The van der Waals surface area contributed by atoms with E-state index in [1.165, 1.54) is 96.3 Å². The molecule has 2 fully saturated rings. The normalized spacial score (nSPS) is 26.3. The summed E-state index contributed by atoms with van der Waals surface area (Å²) >= 11 is 0. The molecule has 23 heavy (non-hydrogen) atoms. The zero-order valence-corrected chi connectivity index (χ0v) is 15.7. The van der Waals surface area contributed by atoms with Crippen molar-refractivity contribution in [3.63, 3.8) is 0 Å². The number of rotatable bonds is 10. The number of hydrogen-bond acceptors (Lipinski definition) is 1. The lowest BCUT2D eigenvalue weighted by Gasteiger charge is -2.28. The van der Waals surface area contributed by atoms with Crippen LogP contribution in [0, 0.1) is 17.8 Å². The first-order chi connectivity index (χ1) is 11.3. The molecule has 0 spiro atoms. The molecule has 0 aromatic carbocycles. The number of ketones is 1. The third-order valence-corrected chi connectivity index (χ3v) is 6.53. The Balaban J connectivity index is 1.48. The van der Waals surface area contributed by atoms with Gasteiger partial charge in [-0.15, -0.1) is 0 Å². The van der Waals surface area contributed by atoms with E-state index in [-0.39, 0.29) is 0 Å². The first-order valence-electron chi connectivity index (χ1n) is 10.8. The van der Waals surface area contributed by atoms with Gasteiger partial charge in [0, 0.05) is 12.3 Å². The maximum Gasteiger partial charge on any atom is 0.135 e. The van der Waals surface area contributed by atoms with Crippen LogP contribution in [0.5, 0.6) is 0 Å². The highest BCUT2D eigenvalue weighted by Gasteiger charge is 2.22. The van der Waals surface area contributed by atoms with Crippen LogP contribution in [-0.2, 0) is 4.79 Å². The van der Waals surface area contributed by atoms with Crippen LogP contribution in [0.2, 0.25) is 0 Å². The standard InChI is InChI=1S/C22H40O/c1-2-3-5-10-19-15-17-20(18-16-19)11-8-9-14-22(23)21-12-6-4-7-13-21/h19-21H,2-18H2,1H3/t19-,20-. The van der Waals surface area contributed by atoms with E-state index in [0.717, 1.165) is 24.7 Å². The molecule has 2 aliphatic carbocycles. The minimum Gasteiger partial charge on any atom is -0.299 e. The van der Waals surface area contributed by atoms with Gasteiger partial charge in [-0.2, -0.15) is 0 Å². The Morgan fingerprint density at radius 3 is 1.87 bits per heavy atom. The molecule has 0 aliphatic heterocycles. The largest absolute Gasteiger partial charge is 0.299 e. The van der Waals surface area contributed by atoms with Crippen molar-refractivity contribution < 1.29 is 4.79 Å².